The smallest absolute Gasteiger partial charge is 0.282 e. The van der Waals surface area contributed by atoms with Gasteiger partial charge < -0.3 is 9.80 Å². The summed E-state index contributed by atoms with van der Waals surface area (Å²) in [6.45, 7) is 1.42. The van der Waals surface area contributed by atoms with Crippen LogP contribution in [0.5, 0.6) is 0 Å². The molecule has 2 heterocycles. The van der Waals surface area contributed by atoms with Crippen molar-refractivity contribution in [2.24, 2.45) is 7.05 Å². The minimum absolute atomic E-state index is 0.260. The average Bonchev–Trinajstić information content (AvgIpc) is 2.60. The van der Waals surface area contributed by atoms with Crippen molar-refractivity contribution < 1.29 is 13.6 Å². The summed E-state index contributed by atoms with van der Waals surface area (Å²) in [4.78, 5) is 27.7. The lowest BCUT2D eigenvalue weighted by Crippen LogP contribution is -2.49. The summed E-state index contributed by atoms with van der Waals surface area (Å²) in [6.07, 6.45) is 1.57. The van der Waals surface area contributed by atoms with Gasteiger partial charge in [0.15, 0.2) is 0 Å². The topological polar surface area (TPSA) is 58.4 Å². The molecule has 1 fully saturated rings. The molecule has 25 heavy (non-hydrogen) atoms. The highest BCUT2D eigenvalue weighted by molar-refractivity contribution is 9.10. The van der Waals surface area contributed by atoms with Crippen LogP contribution in [0.25, 0.3) is 0 Å². The Morgan fingerprint density at radius 3 is 2.36 bits per heavy atom. The molecule has 0 N–H and O–H groups in total. The highest BCUT2D eigenvalue weighted by Crippen LogP contribution is 2.23. The minimum atomic E-state index is -0.870. The van der Waals surface area contributed by atoms with Gasteiger partial charge in [0, 0.05) is 33.2 Å². The van der Waals surface area contributed by atoms with E-state index in [0.717, 1.165) is 12.1 Å². The Bertz CT molecular complexity index is 859. The highest BCUT2D eigenvalue weighted by Gasteiger charge is 2.27. The molecule has 6 nitrogen and oxygen atoms in total. The van der Waals surface area contributed by atoms with Gasteiger partial charge >= 0.3 is 0 Å². The summed E-state index contributed by atoms with van der Waals surface area (Å²) in [6, 6.07) is 3.35. The maximum atomic E-state index is 13.8. The first-order chi connectivity index (χ1) is 11.9. The molecular formula is C16H15BrF2N4O2. The SMILES string of the molecule is Cn1ncc(N2CCN(C(=O)c3c(F)cccc3F)CC2)c(Br)c1=O. The fourth-order valence-electron chi connectivity index (χ4n) is 2.73. The maximum absolute atomic E-state index is 13.8. The van der Waals surface area contributed by atoms with Crippen LogP contribution in [0.15, 0.2) is 33.7 Å². The van der Waals surface area contributed by atoms with Crippen LogP contribution >= 0.6 is 15.9 Å². The van der Waals surface area contributed by atoms with E-state index in [-0.39, 0.29) is 18.6 Å². The Kier molecular flexibility index (Phi) is 4.85. The molecule has 0 bridgehead atoms. The number of aryl methyl sites for hydroxylation is 1. The Balaban J connectivity index is 1.75. The molecule has 1 aromatic heterocycles. The second kappa shape index (κ2) is 6.91. The monoisotopic (exact) mass is 412 g/mol. The van der Waals surface area contributed by atoms with E-state index in [0.29, 0.717) is 23.2 Å². The Morgan fingerprint density at radius 1 is 1.16 bits per heavy atom. The van der Waals surface area contributed by atoms with Gasteiger partial charge in [0.25, 0.3) is 11.5 Å². The van der Waals surface area contributed by atoms with Crippen LogP contribution < -0.4 is 10.5 Å². The first-order valence-electron chi connectivity index (χ1n) is 7.60. The zero-order valence-corrected chi connectivity index (χ0v) is 15.0. The molecule has 0 saturated carbocycles. The summed E-state index contributed by atoms with van der Waals surface area (Å²) >= 11 is 3.27. The van der Waals surface area contributed by atoms with Crippen LogP contribution in [-0.2, 0) is 7.05 Å². The quantitative estimate of drug-likeness (QED) is 0.754. The summed E-state index contributed by atoms with van der Waals surface area (Å²) in [7, 11) is 1.55. The molecule has 0 unspecified atom stereocenters. The van der Waals surface area contributed by atoms with Crippen LogP contribution in [0.3, 0.4) is 0 Å². The van der Waals surface area contributed by atoms with Crippen molar-refractivity contribution in [2.75, 3.05) is 31.1 Å². The van der Waals surface area contributed by atoms with Crippen LogP contribution in [0.1, 0.15) is 10.4 Å². The van der Waals surface area contributed by atoms with E-state index in [1.807, 2.05) is 4.90 Å². The van der Waals surface area contributed by atoms with E-state index in [4.69, 9.17) is 0 Å². The van der Waals surface area contributed by atoms with E-state index < -0.39 is 23.1 Å². The number of halogens is 3. The molecule has 3 rings (SSSR count). The first kappa shape index (κ1) is 17.5. The van der Waals surface area contributed by atoms with Crippen LogP contribution in [0.2, 0.25) is 0 Å². The number of hydrogen-bond donors (Lipinski definition) is 0. The second-order valence-corrected chi connectivity index (χ2v) is 6.44. The molecule has 2 aromatic rings. The molecule has 1 aromatic carbocycles. The third-order valence-corrected chi connectivity index (χ3v) is 4.89. The lowest BCUT2D eigenvalue weighted by Gasteiger charge is -2.36. The van der Waals surface area contributed by atoms with Gasteiger partial charge in [0.05, 0.1) is 11.9 Å². The third kappa shape index (κ3) is 3.28. The number of nitrogens with zero attached hydrogens (tertiary/aromatic N) is 4. The number of hydrogen-bond acceptors (Lipinski definition) is 4. The molecule has 0 radical (unpaired) electrons. The summed E-state index contributed by atoms with van der Waals surface area (Å²) in [5.41, 5.74) is -0.163. The van der Waals surface area contributed by atoms with Crippen molar-refractivity contribution in [1.82, 2.24) is 14.7 Å². The minimum Gasteiger partial charge on any atom is -0.366 e. The van der Waals surface area contributed by atoms with E-state index in [9.17, 15) is 18.4 Å². The van der Waals surface area contributed by atoms with Gasteiger partial charge in [-0.3, -0.25) is 9.59 Å². The van der Waals surface area contributed by atoms with Gasteiger partial charge in [0.1, 0.15) is 21.7 Å². The molecule has 1 amide bonds. The van der Waals surface area contributed by atoms with Crippen LogP contribution in [0, 0.1) is 11.6 Å². The highest BCUT2D eigenvalue weighted by atomic mass is 79.9. The number of carbonyl (C=O) groups excluding carboxylic acids is 1. The van der Waals surface area contributed by atoms with Gasteiger partial charge in [-0.1, -0.05) is 6.07 Å². The van der Waals surface area contributed by atoms with Crippen molar-refractivity contribution >= 4 is 27.5 Å². The predicted octanol–water partition coefficient (Wildman–Crippen LogP) is 1.78. The van der Waals surface area contributed by atoms with Gasteiger partial charge in [-0.25, -0.2) is 13.5 Å². The van der Waals surface area contributed by atoms with Gasteiger partial charge in [-0.15, -0.1) is 0 Å². The normalized spacial score (nSPS) is 14.7. The number of aromatic nitrogens is 2. The second-order valence-electron chi connectivity index (χ2n) is 5.65. The Hall–Kier alpha value is -2.29. The van der Waals surface area contributed by atoms with Gasteiger partial charge in [0.2, 0.25) is 0 Å². The third-order valence-electron chi connectivity index (χ3n) is 4.14. The fourth-order valence-corrected chi connectivity index (χ4v) is 3.34. The molecule has 0 aliphatic carbocycles. The molecule has 1 aliphatic rings. The van der Waals surface area contributed by atoms with Crippen molar-refractivity contribution in [1.29, 1.82) is 0 Å². The number of benzene rings is 1. The summed E-state index contributed by atoms with van der Waals surface area (Å²) < 4.78 is 29.2. The molecular weight excluding hydrogens is 398 g/mol. The van der Waals surface area contributed by atoms with Crippen molar-refractivity contribution in [3.8, 4) is 0 Å². The summed E-state index contributed by atoms with van der Waals surface area (Å²) in [5, 5.41) is 3.99. The van der Waals surface area contributed by atoms with E-state index in [1.165, 1.54) is 15.6 Å². The number of piperazine rings is 1. The van der Waals surface area contributed by atoms with Gasteiger partial charge in [-0.05, 0) is 28.1 Å². The number of carbonyl (C=O) groups is 1. The molecule has 0 atom stereocenters. The van der Waals surface area contributed by atoms with Crippen molar-refractivity contribution in [2.45, 2.75) is 0 Å². The molecule has 0 spiro atoms. The largest absolute Gasteiger partial charge is 0.366 e. The van der Waals surface area contributed by atoms with Crippen molar-refractivity contribution in [3.05, 3.63) is 56.4 Å². The molecule has 1 aliphatic heterocycles. The first-order valence-corrected chi connectivity index (χ1v) is 8.39. The fraction of sp³-hybridized carbons (Fsp3) is 0.312. The lowest BCUT2D eigenvalue weighted by molar-refractivity contribution is 0.0737. The average molecular weight is 413 g/mol. The summed E-state index contributed by atoms with van der Waals surface area (Å²) in [5.74, 6) is -2.41. The zero-order chi connectivity index (χ0) is 18.1. The van der Waals surface area contributed by atoms with E-state index in [2.05, 4.69) is 21.0 Å². The standard InChI is InChI=1S/C16H15BrF2N4O2/c1-21-16(25)14(17)12(9-20-21)22-5-7-23(8-6-22)15(24)13-10(18)3-2-4-11(13)19/h2-4,9H,5-8H2,1H3. The Labute approximate surface area is 150 Å². The maximum Gasteiger partial charge on any atom is 0.282 e. The lowest BCUT2D eigenvalue weighted by atomic mass is 10.1. The van der Waals surface area contributed by atoms with Crippen LogP contribution in [0.4, 0.5) is 14.5 Å². The van der Waals surface area contributed by atoms with E-state index >= 15 is 0 Å². The number of anilines is 1. The number of amides is 1. The molecule has 9 heteroatoms. The number of rotatable bonds is 2. The van der Waals surface area contributed by atoms with Gasteiger partial charge in [-0.2, -0.15) is 5.10 Å². The molecule has 132 valence electrons. The predicted molar refractivity (Wildman–Crippen MR) is 91.7 cm³/mol. The van der Waals surface area contributed by atoms with Crippen molar-refractivity contribution in [3.63, 3.8) is 0 Å². The van der Waals surface area contributed by atoms with Crippen LogP contribution in [-0.4, -0.2) is 46.8 Å². The zero-order valence-electron chi connectivity index (χ0n) is 13.4. The Morgan fingerprint density at radius 2 is 1.76 bits per heavy atom. The van der Waals surface area contributed by atoms with E-state index in [1.54, 1.807) is 13.2 Å². The molecule has 1 saturated heterocycles.